The van der Waals surface area contributed by atoms with Crippen LogP contribution in [-0.2, 0) is 11.3 Å². The summed E-state index contributed by atoms with van der Waals surface area (Å²) in [6.45, 7) is 0.239. The van der Waals surface area contributed by atoms with Gasteiger partial charge in [-0.05, 0) is 73.6 Å². The second-order valence-electron chi connectivity index (χ2n) is 8.50. The maximum atomic E-state index is 13.2. The summed E-state index contributed by atoms with van der Waals surface area (Å²) in [6, 6.07) is 7.58. The third kappa shape index (κ3) is 2.63. The Labute approximate surface area is 152 Å². The van der Waals surface area contributed by atoms with E-state index in [-0.39, 0.29) is 12.0 Å². The zero-order chi connectivity index (χ0) is 17.7. The molecule has 6 nitrogen and oxygen atoms in total. The highest BCUT2D eigenvalue weighted by atomic mass is 16.5. The average molecular weight is 352 g/mol. The first kappa shape index (κ1) is 16.0. The summed E-state index contributed by atoms with van der Waals surface area (Å²) in [5.41, 5.74) is 0.733. The van der Waals surface area contributed by atoms with Gasteiger partial charge in [0.1, 0.15) is 12.3 Å². The molecular weight excluding hydrogens is 328 g/mol. The summed E-state index contributed by atoms with van der Waals surface area (Å²) in [6.07, 6.45) is 7.26. The van der Waals surface area contributed by atoms with Crippen LogP contribution in [0.1, 0.15) is 38.5 Å². The van der Waals surface area contributed by atoms with Crippen molar-refractivity contribution in [2.75, 3.05) is 7.11 Å². The molecule has 1 aromatic carbocycles. The summed E-state index contributed by atoms with van der Waals surface area (Å²) >= 11 is 0. The van der Waals surface area contributed by atoms with Crippen LogP contribution in [0, 0.1) is 23.2 Å². The fourth-order valence-electron chi connectivity index (χ4n) is 5.94. The van der Waals surface area contributed by atoms with E-state index < -0.39 is 0 Å². The highest BCUT2D eigenvalue weighted by Gasteiger charge is 2.54. The number of hydrogen-bond donors (Lipinski definition) is 0. The SMILES string of the molecule is COc1cccc(-c2nnn(CC(=O)C34CC5CC(CC(C5)C3)C4)n2)c1. The smallest absolute Gasteiger partial charge is 0.205 e. The standard InChI is InChI=1S/C20H24N4O2/c1-26-17-4-2-3-16(8-17)19-21-23-24(22-19)12-18(25)20-9-13-5-14(10-20)7-15(6-13)11-20/h2-4,8,13-15H,5-7,9-12H2,1H3. The van der Waals surface area contributed by atoms with Crippen molar-refractivity contribution >= 4 is 5.78 Å². The highest BCUT2D eigenvalue weighted by molar-refractivity contribution is 5.85. The van der Waals surface area contributed by atoms with Crippen LogP contribution in [0.25, 0.3) is 11.4 Å². The van der Waals surface area contributed by atoms with Gasteiger partial charge in [-0.3, -0.25) is 4.79 Å². The minimum absolute atomic E-state index is 0.113. The van der Waals surface area contributed by atoms with E-state index in [9.17, 15) is 4.79 Å². The lowest BCUT2D eigenvalue weighted by Gasteiger charge is -2.55. The minimum Gasteiger partial charge on any atom is -0.497 e. The predicted octanol–water partition coefficient (Wildman–Crippen LogP) is 3.13. The second-order valence-corrected chi connectivity index (χ2v) is 8.50. The first-order valence-corrected chi connectivity index (χ1v) is 9.59. The van der Waals surface area contributed by atoms with Gasteiger partial charge in [-0.15, -0.1) is 10.2 Å². The zero-order valence-corrected chi connectivity index (χ0v) is 15.1. The van der Waals surface area contributed by atoms with Crippen molar-refractivity contribution < 1.29 is 9.53 Å². The number of nitrogens with zero attached hydrogens (tertiary/aromatic N) is 4. The number of carbonyl (C=O) groups is 1. The Bertz CT molecular complexity index is 809. The van der Waals surface area contributed by atoms with Gasteiger partial charge in [0.2, 0.25) is 5.82 Å². The van der Waals surface area contributed by atoms with Crippen molar-refractivity contribution in [3.63, 3.8) is 0 Å². The number of ether oxygens (including phenoxy) is 1. The third-order valence-electron chi connectivity index (χ3n) is 6.70. The summed E-state index contributed by atoms with van der Waals surface area (Å²) < 4.78 is 5.25. The Morgan fingerprint density at radius 2 is 1.88 bits per heavy atom. The molecule has 4 aliphatic rings. The highest BCUT2D eigenvalue weighted by Crippen LogP contribution is 2.60. The molecule has 0 saturated heterocycles. The third-order valence-corrected chi connectivity index (χ3v) is 6.70. The first-order chi connectivity index (χ1) is 12.6. The maximum Gasteiger partial charge on any atom is 0.205 e. The van der Waals surface area contributed by atoms with E-state index in [0.717, 1.165) is 48.3 Å². The van der Waals surface area contributed by atoms with E-state index in [1.165, 1.54) is 24.1 Å². The van der Waals surface area contributed by atoms with Crippen molar-refractivity contribution in [2.24, 2.45) is 23.2 Å². The van der Waals surface area contributed by atoms with Gasteiger partial charge in [0.25, 0.3) is 0 Å². The van der Waals surface area contributed by atoms with E-state index in [0.29, 0.717) is 11.6 Å². The lowest BCUT2D eigenvalue weighted by molar-refractivity contribution is -0.145. The monoisotopic (exact) mass is 352 g/mol. The Hall–Kier alpha value is -2.24. The molecule has 4 aliphatic carbocycles. The average Bonchev–Trinajstić information content (AvgIpc) is 3.09. The van der Waals surface area contributed by atoms with Gasteiger partial charge in [-0.25, -0.2) is 0 Å². The Morgan fingerprint density at radius 1 is 1.19 bits per heavy atom. The summed E-state index contributed by atoms with van der Waals surface area (Å²) in [4.78, 5) is 14.6. The van der Waals surface area contributed by atoms with Gasteiger partial charge in [0.15, 0.2) is 5.78 Å². The Balaban J connectivity index is 1.34. The molecule has 6 heteroatoms. The van der Waals surface area contributed by atoms with Gasteiger partial charge in [-0.1, -0.05) is 12.1 Å². The Kier molecular flexibility index (Phi) is 3.62. The number of carbonyl (C=O) groups excluding carboxylic acids is 1. The van der Waals surface area contributed by atoms with Crippen LogP contribution in [-0.4, -0.2) is 33.1 Å². The maximum absolute atomic E-state index is 13.2. The number of ketones is 1. The van der Waals surface area contributed by atoms with E-state index in [1.807, 2.05) is 24.3 Å². The van der Waals surface area contributed by atoms with Gasteiger partial charge < -0.3 is 4.74 Å². The quantitative estimate of drug-likeness (QED) is 0.827. The molecule has 4 fully saturated rings. The number of hydrogen-bond acceptors (Lipinski definition) is 5. The van der Waals surface area contributed by atoms with Crippen molar-refractivity contribution in [1.82, 2.24) is 20.2 Å². The van der Waals surface area contributed by atoms with E-state index >= 15 is 0 Å². The van der Waals surface area contributed by atoms with Crippen LogP contribution in [0.4, 0.5) is 0 Å². The van der Waals surface area contributed by atoms with Crippen molar-refractivity contribution in [3.8, 4) is 17.1 Å². The molecule has 6 rings (SSSR count). The molecule has 0 atom stereocenters. The number of benzene rings is 1. The fraction of sp³-hybridized carbons (Fsp3) is 0.600. The number of tetrazole rings is 1. The molecule has 136 valence electrons. The topological polar surface area (TPSA) is 69.9 Å². The predicted molar refractivity (Wildman–Crippen MR) is 95.4 cm³/mol. The molecule has 1 heterocycles. The molecule has 0 spiro atoms. The molecule has 0 aliphatic heterocycles. The summed E-state index contributed by atoms with van der Waals surface area (Å²) in [7, 11) is 1.63. The number of methoxy groups -OCH3 is 1. The normalized spacial score (nSPS) is 32.0. The first-order valence-electron chi connectivity index (χ1n) is 9.59. The molecule has 1 aromatic heterocycles. The zero-order valence-electron chi connectivity index (χ0n) is 15.1. The summed E-state index contributed by atoms with van der Waals surface area (Å²) in [5, 5.41) is 12.7. The molecule has 2 aromatic rings. The largest absolute Gasteiger partial charge is 0.497 e. The lowest BCUT2D eigenvalue weighted by atomic mass is 9.48. The van der Waals surface area contributed by atoms with Gasteiger partial charge >= 0.3 is 0 Å². The van der Waals surface area contributed by atoms with Gasteiger partial charge in [0.05, 0.1) is 7.11 Å². The Morgan fingerprint density at radius 3 is 2.54 bits per heavy atom. The molecule has 0 amide bonds. The number of rotatable bonds is 5. The van der Waals surface area contributed by atoms with E-state index in [1.54, 1.807) is 7.11 Å². The molecule has 26 heavy (non-hydrogen) atoms. The van der Waals surface area contributed by atoms with Crippen LogP contribution in [0.5, 0.6) is 5.75 Å². The van der Waals surface area contributed by atoms with Crippen molar-refractivity contribution in [1.29, 1.82) is 0 Å². The minimum atomic E-state index is -0.113. The molecule has 4 bridgehead atoms. The lowest BCUT2D eigenvalue weighted by Crippen LogP contribution is -2.50. The van der Waals surface area contributed by atoms with Gasteiger partial charge in [0, 0.05) is 11.0 Å². The number of Topliss-reactive ketones (excluding diaryl/α,β-unsaturated/α-hetero) is 1. The van der Waals surface area contributed by atoms with Crippen LogP contribution in [0.15, 0.2) is 24.3 Å². The van der Waals surface area contributed by atoms with Crippen LogP contribution < -0.4 is 4.74 Å². The van der Waals surface area contributed by atoms with Crippen LogP contribution in [0.2, 0.25) is 0 Å². The molecule has 4 saturated carbocycles. The molecule has 0 N–H and O–H groups in total. The van der Waals surface area contributed by atoms with Crippen LogP contribution >= 0.6 is 0 Å². The molecule has 0 radical (unpaired) electrons. The van der Waals surface area contributed by atoms with Crippen LogP contribution in [0.3, 0.4) is 0 Å². The van der Waals surface area contributed by atoms with Crippen molar-refractivity contribution in [2.45, 2.75) is 45.1 Å². The molecule has 0 unspecified atom stereocenters. The van der Waals surface area contributed by atoms with E-state index in [4.69, 9.17) is 4.74 Å². The number of aromatic nitrogens is 4. The van der Waals surface area contributed by atoms with Crippen molar-refractivity contribution in [3.05, 3.63) is 24.3 Å². The summed E-state index contributed by atoms with van der Waals surface area (Å²) in [5.74, 6) is 3.89. The molecular formula is C20H24N4O2. The second kappa shape index (κ2) is 5.89. The van der Waals surface area contributed by atoms with Gasteiger partial charge in [-0.2, -0.15) is 4.80 Å². The van der Waals surface area contributed by atoms with E-state index in [2.05, 4.69) is 15.4 Å². The fourth-order valence-corrected chi connectivity index (χ4v) is 5.94.